The molecule has 0 bridgehead atoms. The highest BCUT2D eigenvalue weighted by Crippen LogP contribution is 2.34. The number of nitrogens with two attached hydrogens (primary N) is 1. The van der Waals surface area contributed by atoms with Gasteiger partial charge in [-0.05, 0) is 38.3 Å². The lowest BCUT2D eigenvalue weighted by molar-refractivity contribution is -0.159. The Morgan fingerprint density at radius 2 is 2.10 bits per heavy atom. The van der Waals surface area contributed by atoms with Crippen molar-refractivity contribution in [3.05, 3.63) is 35.9 Å². The Morgan fingerprint density at radius 1 is 1.43 bits per heavy atom. The van der Waals surface area contributed by atoms with Crippen LogP contribution in [0.1, 0.15) is 25.3 Å². The summed E-state index contributed by atoms with van der Waals surface area (Å²) in [6.45, 7) is 2.48. The predicted octanol–water partition coefficient (Wildman–Crippen LogP) is 0.968. The zero-order valence-electron chi connectivity index (χ0n) is 12.2. The van der Waals surface area contributed by atoms with Crippen LogP contribution < -0.4 is 11.1 Å². The van der Waals surface area contributed by atoms with Crippen LogP contribution in [0.2, 0.25) is 0 Å². The molecule has 5 nitrogen and oxygen atoms in total. The van der Waals surface area contributed by atoms with Crippen LogP contribution in [0.5, 0.6) is 0 Å². The predicted molar refractivity (Wildman–Crippen MR) is 79.9 cm³/mol. The average molecular weight is 290 g/mol. The van der Waals surface area contributed by atoms with Crippen LogP contribution >= 0.6 is 0 Å². The van der Waals surface area contributed by atoms with E-state index in [9.17, 15) is 14.7 Å². The molecule has 0 radical (unpaired) electrons. The highest BCUT2D eigenvalue weighted by atomic mass is 16.4. The van der Waals surface area contributed by atoms with Crippen molar-refractivity contribution in [1.82, 2.24) is 5.32 Å². The normalized spacial score (nSPS) is 27.0. The second-order valence-corrected chi connectivity index (χ2v) is 5.72. The summed E-state index contributed by atoms with van der Waals surface area (Å²) in [6, 6.07) is 8.23. The molecule has 5 heteroatoms. The van der Waals surface area contributed by atoms with Crippen molar-refractivity contribution >= 4 is 11.8 Å². The lowest BCUT2D eigenvalue weighted by Crippen LogP contribution is -2.61. The Hall–Kier alpha value is -1.72. The minimum atomic E-state index is -1.41. The summed E-state index contributed by atoms with van der Waals surface area (Å²) in [5.41, 5.74) is 5.55. The summed E-state index contributed by atoms with van der Waals surface area (Å²) in [6.07, 6.45) is 1.37. The first kappa shape index (κ1) is 15.7. The Labute approximate surface area is 124 Å². The van der Waals surface area contributed by atoms with Gasteiger partial charge in [0.25, 0.3) is 0 Å². The maximum Gasteiger partial charge on any atom is 0.318 e. The molecule has 1 aromatic carbocycles. The van der Waals surface area contributed by atoms with Gasteiger partial charge in [-0.3, -0.25) is 9.59 Å². The molecule has 2 rings (SSSR count). The Balaban J connectivity index is 2.20. The van der Waals surface area contributed by atoms with E-state index < -0.39 is 23.5 Å². The van der Waals surface area contributed by atoms with E-state index in [1.807, 2.05) is 30.3 Å². The molecule has 1 saturated heterocycles. The van der Waals surface area contributed by atoms with Crippen LogP contribution in [0.4, 0.5) is 0 Å². The first-order chi connectivity index (χ1) is 9.98. The number of rotatable bonds is 5. The van der Waals surface area contributed by atoms with Crippen molar-refractivity contribution in [2.45, 2.75) is 38.3 Å². The molecule has 0 aromatic heterocycles. The number of aliphatic carboxylic acids is 1. The maximum absolute atomic E-state index is 12.7. The minimum absolute atomic E-state index is 0.345. The fraction of sp³-hybridized carbons (Fsp3) is 0.500. The Bertz CT molecular complexity index is 518. The lowest BCUT2D eigenvalue weighted by Gasteiger charge is -2.39. The maximum atomic E-state index is 12.7. The molecule has 2 unspecified atom stereocenters. The van der Waals surface area contributed by atoms with E-state index in [0.717, 1.165) is 12.1 Å². The summed E-state index contributed by atoms with van der Waals surface area (Å²) < 4.78 is 0. The Kier molecular flexibility index (Phi) is 4.75. The molecular formula is C16H22N2O3. The van der Waals surface area contributed by atoms with E-state index in [1.54, 1.807) is 6.92 Å². The first-order valence-corrected chi connectivity index (χ1v) is 7.29. The number of benzene rings is 1. The van der Waals surface area contributed by atoms with Gasteiger partial charge in [0.1, 0.15) is 5.41 Å². The molecular weight excluding hydrogens is 268 g/mol. The molecule has 0 saturated carbocycles. The summed E-state index contributed by atoms with van der Waals surface area (Å²) in [4.78, 5) is 24.5. The van der Waals surface area contributed by atoms with Crippen LogP contribution in [0, 0.1) is 5.41 Å². The van der Waals surface area contributed by atoms with Crippen molar-refractivity contribution in [3.8, 4) is 0 Å². The number of piperidine rings is 1. The van der Waals surface area contributed by atoms with Crippen molar-refractivity contribution in [2.75, 3.05) is 6.54 Å². The van der Waals surface area contributed by atoms with Gasteiger partial charge in [-0.2, -0.15) is 0 Å². The lowest BCUT2D eigenvalue weighted by atomic mass is 9.69. The largest absolute Gasteiger partial charge is 0.480 e. The fourth-order valence-electron chi connectivity index (χ4n) is 3.10. The van der Waals surface area contributed by atoms with Gasteiger partial charge in [-0.25, -0.2) is 0 Å². The number of Topliss-reactive ketones (excluding diaryl/α,β-unsaturated/α-hetero) is 1. The zero-order valence-corrected chi connectivity index (χ0v) is 12.2. The first-order valence-electron chi connectivity index (χ1n) is 7.29. The summed E-state index contributed by atoms with van der Waals surface area (Å²) in [5, 5.41) is 12.7. The van der Waals surface area contributed by atoms with Crippen molar-refractivity contribution in [1.29, 1.82) is 0 Å². The van der Waals surface area contributed by atoms with E-state index in [1.165, 1.54) is 0 Å². The third-order valence-electron chi connectivity index (χ3n) is 4.39. The highest BCUT2D eigenvalue weighted by Gasteiger charge is 2.52. The summed E-state index contributed by atoms with van der Waals surface area (Å²) >= 11 is 0. The Morgan fingerprint density at radius 3 is 2.67 bits per heavy atom. The van der Waals surface area contributed by atoms with Crippen molar-refractivity contribution < 1.29 is 14.7 Å². The average Bonchev–Trinajstić information content (AvgIpc) is 2.48. The van der Waals surface area contributed by atoms with Crippen molar-refractivity contribution in [3.63, 3.8) is 0 Å². The third kappa shape index (κ3) is 2.99. The molecule has 4 N–H and O–H groups in total. The second-order valence-electron chi connectivity index (χ2n) is 5.72. The van der Waals surface area contributed by atoms with Gasteiger partial charge < -0.3 is 16.2 Å². The number of carbonyl (C=O) groups is 2. The van der Waals surface area contributed by atoms with E-state index >= 15 is 0 Å². The molecule has 1 aromatic rings. The molecule has 1 heterocycles. The summed E-state index contributed by atoms with van der Waals surface area (Å²) in [5.74, 6) is -1.45. The number of carboxylic acids is 1. The number of carboxylic acid groups (broad SMARTS) is 1. The number of nitrogens with one attached hydrogen (secondary N) is 1. The quantitative estimate of drug-likeness (QED) is 0.703. The van der Waals surface area contributed by atoms with Crippen LogP contribution in [-0.4, -0.2) is 35.5 Å². The molecule has 0 aliphatic carbocycles. The van der Waals surface area contributed by atoms with E-state index in [0.29, 0.717) is 19.3 Å². The van der Waals surface area contributed by atoms with Crippen LogP contribution in [-0.2, 0) is 16.0 Å². The van der Waals surface area contributed by atoms with Gasteiger partial charge in [-0.15, -0.1) is 0 Å². The monoisotopic (exact) mass is 290 g/mol. The number of carbonyl (C=O) groups excluding carboxylic acids is 1. The molecule has 1 aliphatic rings. The molecule has 0 amide bonds. The van der Waals surface area contributed by atoms with Gasteiger partial charge in [0.2, 0.25) is 0 Å². The van der Waals surface area contributed by atoms with Crippen molar-refractivity contribution in [2.24, 2.45) is 11.1 Å². The van der Waals surface area contributed by atoms with Gasteiger partial charge in [0.05, 0.1) is 6.04 Å². The van der Waals surface area contributed by atoms with Gasteiger partial charge >= 0.3 is 5.97 Å². The van der Waals surface area contributed by atoms with Crippen LogP contribution in [0.25, 0.3) is 0 Å². The molecule has 1 fully saturated rings. The van der Waals surface area contributed by atoms with Crippen LogP contribution in [0.3, 0.4) is 0 Å². The third-order valence-corrected chi connectivity index (χ3v) is 4.39. The highest BCUT2D eigenvalue weighted by molar-refractivity contribution is 6.06. The number of ketones is 1. The van der Waals surface area contributed by atoms with E-state index in [4.69, 9.17) is 5.73 Å². The smallest absolute Gasteiger partial charge is 0.318 e. The van der Waals surface area contributed by atoms with Crippen LogP contribution in [0.15, 0.2) is 30.3 Å². The SMILES string of the molecule is CC1NCCCC1(C(=O)O)C(=O)[C@@H](N)Cc1ccccc1. The van der Waals surface area contributed by atoms with Gasteiger partial charge in [-0.1, -0.05) is 30.3 Å². The molecule has 21 heavy (non-hydrogen) atoms. The molecule has 114 valence electrons. The second kappa shape index (κ2) is 6.37. The van der Waals surface area contributed by atoms with E-state index in [-0.39, 0.29) is 5.78 Å². The van der Waals surface area contributed by atoms with E-state index in [2.05, 4.69) is 5.32 Å². The fourth-order valence-corrected chi connectivity index (χ4v) is 3.10. The number of hydrogen-bond donors (Lipinski definition) is 3. The minimum Gasteiger partial charge on any atom is -0.480 e. The molecule has 1 aliphatic heterocycles. The standard InChI is InChI=1S/C16H22N2O3/c1-11-16(15(20)21,8-5-9-18-11)14(19)13(17)10-12-6-3-2-4-7-12/h2-4,6-7,11,13,18H,5,8-10,17H2,1H3,(H,20,21)/t11?,13-,16?/m0/s1. The van der Waals surface area contributed by atoms with Gasteiger partial charge in [0.15, 0.2) is 5.78 Å². The summed E-state index contributed by atoms with van der Waals surface area (Å²) in [7, 11) is 0. The van der Waals surface area contributed by atoms with Gasteiger partial charge in [0, 0.05) is 6.04 Å². The topological polar surface area (TPSA) is 92.4 Å². The molecule has 0 spiro atoms. The zero-order chi connectivity index (χ0) is 15.5. The molecule has 3 atom stereocenters. The number of hydrogen-bond acceptors (Lipinski definition) is 4.